The van der Waals surface area contributed by atoms with Crippen molar-refractivity contribution in [2.24, 2.45) is 5.41 Å². The van der Waals surface area contributed by atoms with Gasteiger partial charge in [-0.3, -0.25) is 9.59 Å². The van der Waals surface area contributed by atoms with Crippen molar-refractivity contribution in [3.63, 3.8) is 0 Å². The largest absolute Gasteiger partial charge is 0.497 e. The molecule has 0 fully saturated rings. The van der Waals surface area contributed by atoms with Crippen molar-refractivity contribution in [1.82, 2.24) is 0 Å². The molecule has 0 radical (unpaired) electrons. The molecule has 0 saturated heterocycles. The summed E-state index contributed by atoms with van der Waals surface area (Å²) in [7, 11) is 1.58. The molecule has 0 atom stereocenters. The Labute approximate surface area is 150 Å². The Kier molecular flexibility index (Phi) is 7.68. The molecule has 0 bridgehead atoms. The van der Waals surface area contributed by atoms with Gasteiger partial charge in [0.25, 0.3) is 0 Å². The van der Waals surface area contributed by atoms with E-state index in [4.69, 9.17) is 14.2 Å². The topological polar surface area (TPSA) is 61.8 Å². The first-order chi connectivity index (χ1) is 11.7. The van der Waals surface area contributed by atoms with E-state index in [9.17, 15) is 9.59 Å². The third-order valence-electron chi connectivity index (χ3n) is 3.62. The quantitative estimate of drug-likeness (QED) is 0.387. The summed E-state index contributed by atoms with van der Waals surface area (Å²) in [6.45, 7) is 10.7. The molecule has 0 saturated carbocycles. The van der Waals surface area contributed by atoms with Crippen LogP contribution < -0.4 is 4.74 Å². The summed E-state index contributed by atoms with van der Waals surface area (Å²) in [5.41, 5.74) is -0.644. The van der Waals surface area contributed by atoms with Crippen molar-refractivity contribution in [1.29, 1.82) is 0 Å². The summed E-state index contributed by atoms with van der Waals surface area (Å²) >= 11 is 0. The van der Waals surface area contributed by atoms with E-state index in [0.717, 1.165) is 5.56 Å². The Bertz CT molecular complexity index is 565. The molecule has 0 unspecified atom stereocenters. The molecule has 5 heteroatoms. The lowest BCUT2D eigenvalue weighted by molar-refractivity contribution is -0.176. The lowest BCUT2D eigenvalue weighted by Crippen LogP contribution is -2.45. The molecule has 0 heterocycles. The van der Waals surface area contributed by atoms with E-state index in [0.29, 0.717) is 5.75 Å². The van der Waals surface area contributed by atoms with Gasteiger partial charge in [-0.15, -0.1) is 6.58 Å². The van der Waals surface area contributed by atoms with Gasteiger partial charge in [0.2, 0.25) is 0 Å². The molecule has 0 amide bonds. The van der Waals surface area contributed by atoms with Gasteiger partial charge >= 0.3 is 11.9 Å². The molecule has 5 nitrogen and oxygen atoms in total. The second kappa shape index (κ2) is 9.25. The van der Waals surface area contributed by atoms with Crippen LogP contribution in [0.4, 0.5) is 0 Å². The maximum atomic E-state index is 12.8. The fourth-order valence-corrected chi connectivity index (χ4v) is 2.46. The van der Waals surface area contributed by atoms with Gasteiger partial charge in [-0.25, -0.2) is 0 Å². The Morgan fingerprint density at radius 3 is 1.88 bits per heavy atom. The van der Waals surface area contributed by atoms with Crippen molar-refractivity contribution in [2.75, 3.05) is 7.11 Å². The molecule has 138 valence electrons. The third-order valence-corrected chi connectivity index (χ3v) is 3.62. The zero-order valence-corrected chi connectivity index (χ0v) is 15.7. The molecule has 0 spiro atoms. The van der Waals surface area contributed by atoms with E-state index in [1.54, 1.807) is 53.0 Å². The van der Waals surface area contributed by atoms with E-state index < -0.39 is 17.4 Å². The lowest BCUT2D eigenvalue weighted by Gasteiger charge is -2.30. The van der Waals surface area contributed by atoms with Gasteiger partial charge in [-0.05, 0) is 58.2 Å². The third kappa shape index (κ3) is 5.62. The summed E-state index contributed by atoms with van der Waals surface area (Å²) in [6.07, 6.45) is 1.18. The average Bonchev–Trinajstić information content (AvgIpc) is 2.53. The minimum absolute atomic E-state index is 0.135. The van der Waals surface area contributed by atoms with Gasteiger partial charge in [0, 0.05) is 0 Å². The molecular formula is C20H28O5. The Balaban J connectivity index is 3.27. The van der Waals surface area contributed by atoms with E-state index in [1.165, 1.54) is 0 Å². The van der Waals surface area contributed by atoms with Crippen LogP contribution in [0, 0.1) is 5.41 Å². The molecule has 25 heavy (non-hydrogen) atoms. The van der Waals surface area contributed by atoms with Gasteiger partial charge in [-0.2, -0.15) is 0 Å². The number of allylic oxidation sites excluding steroid dienone is 1. The molecule has 0 aromatic heterocycles. The first-order valence-corrected chi connectivity index (χ1v) is 8.41. The van der Waals surface area contributed by atoms with Crippen LogP contribution in [0.2, 0.25) is 0 Å². The van der Waals surface area contributed by atoms with Crippen LogP contribution in [-0.4, -0.2) is 31.3 Å². The summed E-state index contributed by atoms with van der Waals surface area (Å²) in [5.74, 6) is -0.486. The maximum Gasteiger partial charge on any atom is 0.324 e. The van der Waals surface area contributed by atoms with Gasteiger partial charge < -0.3 is 14.2 Å². The van der Waals surface area contributed by atoms with Gasteiger partial charge in [-0.1, -0.05) is 18.2 Å². The highest BCUT2D eigenvalue weighted by Crippen LogP contribution is 2.33. The Hall–Kier alpha value is -2.30. The van der Waals surface area contributed by atoms with Gasteiger partial charge in [0.15, 0.2) is 5.41 Å². The van der Waals surface area contributed by atoms with Gasteiger partial charge in [0.05, 0.1) is 19.3 Å². The van der Waals surface area contributed by atoms with E-state index >= 15 is 0 Å². The predicted octanol–water partition coefficient (Wildman–Crippen LogP) is 3.70. The van der Waals surface area contributed by atoms with Crippen LogP contribution in [0.1, 0.15) is 39.7 Å². The summed E-state index contributed by atoms with van der Waals surface area (Å²) < 4.78 is 15.9. The minimum Gasteiger partial charge on any atom is -0.497 e. The van der Waals surface area contributed by atoms with Crippen LogP contribution in [0.15, 0.2) is 36.9 Å². The number of benzene rings is 1. The minimum atomic E-state index is -1.45. The molecule has 0 aliphatic rings. The van der Waals surface area contributed by atoms with E-state index in [1.807, 2.05) is 12.1 Å². The zero-order valence-electron chi connectivity index (χ0n) is 15.7. The Morgan fingerprint density at radius 1 is 1.04 bits per heavy atom. The standard InChI is InChI=1S/C20H28O5/c1-7-12-20(18(21)24-14(2)3,19(22)25-15(4)5)13-16-8-10-17(23-6)11-9-16/h7-11,14-15H,1,12-13H2,2-6H3. The average molecular weight is 348 g/mol. The van der Waals surface area contributed by atoms with Crippen LogP contribution in [0.3, 0.4) is 0 Å². The SMILES string of the molecule is C=CCC(Cc1ccc(OC)cc1)(C(=O)OC(C)C)C(=O)OC(C)C. The monoisotopic (exact) mass is 348 g/mol. The highest BCUT2D eigenvalue weighted by Gasteiger charge is 2.48. The number of hydrogen-bond acceptors (Lipinski definition) is 5. The molecular weight excluding hydrogens is 320 g/mol. The molecule has 0 aliphatic heterocycles. The highest BCUT2D eigenvalue weighted by atomic mass is 16.6. The number of rotatable bonds is 9. The van der Waals surface area contributed by atoms with Crippen molar-refractivity contribution >= 4 is 11.9 Å². The van der Waals surface area contributed by atoms with Crippen LogP contribution >= 0.6 is 0 Å². The number of carbonyl (C=O) groups excluding carboxylic acids is 2. The zero-order chi connectivity index (χ0) is 19.0. The fourth-order valence-electron chi connectivity index (χ4n) is 2.46. The van der Waals surface area contributed by atoms with E-state index in [-0.39, 0.29) is 25.0 Å². The van der Waals surface area contributed by atoms with Crippen molar-refractivity contribution in [3.8, 4) is 5.75 Å². The van der Waals surface area contributed by atoms with Crippen LogP contribution in [0.25, 0.3) is 0 Å². The fraction of sp³-hybridized carbons (Fsp3) is 0.500. The lowest BCUT2D eigenvalue weighted by atomic mass is 9.78. The molecule has 1 aromatic rings. The summed E-state index contributed by atoms with van der Waals surface area (Å²) in [4.78, 5) is 25.6. The van der Waals surface area contributed by atoms with E-state index in [2.05, 4.69) is 6.58 Å². The smallest absolute Gasteiger partial charge is 0.324 e. The Morgan fingerprint density at radius 2 is 1.52 bits per heavy atom. The maximum absolute atomic E-state index is 12.8. The number of esters is 2. The number of carbonyl (C=O) groups is 2. The normalized spacial score (nSPS) is 11.3. The second-order valence-electron chi connectivity index (χ2n) is 6.51. The van der Waals surface area contributed by atoms with Crippen molar-refractivity contribution in [3.05, 3.63) is 42.5 Å². The first-order valence-electron chi connectivity index (χ1n) is 8.41. The van der Waals surface area contributed by atoms with Crippen molar-refractivity contribution < 1.29 is 23.8 Å². The predicted molar refractivity (Wildman–Crippen MR) is 96.4 cm³/mol. The molecule has 1 rings (SSSR count). The van der Waals surface area contributed by atoms with Crippen molar-refractivity contribution in [2.45, 2.75) is 52.7 Å². The second-order valence-corrected chi connectivity index (χ2v) is 6.51. The van der Waals surface area contributed by atoms with Crippen LogP contribution in [0.5, 0.6) is 5.75 Å². The van der Waals surface area contributed by atoms with Crippen LogP contribution in [-0.2, 0) is 25.5 Å². The first kappa shape index (κ1) is 20.7. The molecule has 1 aromatic carbocycles. The highest BCUT2D eigenvalue weighted by molar-refractivity contribution is 6.00. The molecule has 0 aliphatic carbocycles. The number of ether oxygens (including phenoxy) is 3. The number of hydrogen-bond donors (Lipinski definition) is 0. The van der Waals surface area contributed by atoms with Gasteiger partial charge in [0.1, 0.15) is 5.75 Å². The molecule has 0 N–H and O–H groups in total. The summed E-state index contributed by atoms with van der Waals surface area (Å²) in [6, 6.07) is 7.22. The summed E-state index contributed by atoms with van der Waals surface area (Å²) in [5, 5.41) is 0. The number of methoxy groups -OCH3 is 1.